The predicted molar refractivity (Wildman–Crippen MR) is 104 cm³/mol. The summed E-state index contributed by atoms with van der Waals surface area (Å²) in [6.45, 7) is 2.62. The number of hydrogen-bond donors (Lipinski definition) is 1. The molecule has 1 aromatic rings. The first-order chi connectivity index (χ1) is 13.1. The number of benzene rings is 1. The summed E-state index contributed by atoms with van der Waals surface area (Å²) in [7, 11) is 0. The number of carbonyl (C=O) groups is 1. The molecule has 3 aliphatic rings. The summed E-state index contributed by atoms with van der Waals surface area (Å²) in [5.74, 6) is 0.335. The number of aliphatic hydroxyl groups is 1. The minimum Gasteiger partial charge on any atom is -0.393 e. The highest BCUT2D eigenvalue weighted by atomic mass is 16.3. The molecule has 144 valence electrons. The van der Waals surface area contributed by atoms with Crippen LogP contribution in [-0.2, 0) is 11.2 Å². The van der Waals surface area contributed by atoms with Crippen molar-refractivity contribution < 1.29 is 9.90 Å². The Labute approximate surface area is 161 Å². The molecule has 1 saturated carbocycles. The lowest BCUT2D eigenvalue weighted by molar-refractivity contribution is -0.139. The standard InChI is InChI=1S/C22H29N3O2/c23-12-9-17-3-1-4-19(15-17)24-13-2-10-22(16-24)11-14-25(21(22)27)18-5-7-20(26)8-6-18/h1,3-4,15,18,20,26H,2,5-11,13-14,16H2. The molecule has 2 saturated heterocycles. The number of likely N-dealkylation sites (tertiary alicyclic amines) is 1. The quantitative estimate of drug-likeness (QED) is 0.892. The van der Waals surface area contributed by atoms with Crippen LogP contribution in [-0.4, -0.2) is 47.7 Å². The number of nitrogens with zero attached hydrogens (tertiary/aromatic N) is 3. The van der Waals surface area contributed by atoms with Crippen molar-refractivity contribution in [3.05, 3.63) is 29.8 Å². The SMILES string of the molecule is N#CCc1cccc(N2CCCC3(CCN(C4CCC(O)CC4)C3=O)C2)c1. The molecule has 5 nitrogen and oxygen atoms in total. The number of aliphatic hydroxyl groups excluding tert-OH is 1. The molecule has 1 spiro atoms. The second-order valence-corrected chi connectivity index (χ2v) is 8.52. The Kier molecular flexibility index (Phi) is 5.10. The molecule has 1 aromatic carbocycles. The van der Waals surface area contributed by atoms with Crippen molar-refractivity contribution in [2.45, 2.75) is 63.5 Å². The van der Waals surface area contributed by atoms with Crippen LogP contribution in [0.2, 0.25) is 0 Å². The summed E-state index contributed by atoms with van der Waals surface area (Å²) in [5, 5.41) is 18.7. The number of amides is 1. The Morgan fingerprint density at radius 3 is 2.78 bits per heavy atom. The molecule has 1 unspecified atom stereocenters. The van der Waals surface area contributed by atoms with E-state index in [9.17, 15) is 9.90 Å². The molecule has 1 N–H and O–H groups in total. The summed E-state index contributed by atoms with van der Waals surface area (Å²) >= 11 is 0. The van der Waals surface area contributed by atoms with Gasteiger partial charge in [-0.15, -0.1) is 0 Å². The maximum atomic E-state index is 13.4. The molecule has 0 bridgehead atoms. The average Bonchev–Trinajstić information content (AvgIpc) is 2.99. The molecule has 27 heavy (non-hydrogen) atoms. The van der Waals surface area contributed by atoms with E-state index in [4.69, 9.17) is 5.26 Å². The third-order valence-corrected chi connectivity index (χ3v) is 6.79. The summed E-state index contributed by atoms with van der Waals surface area (Å²) in [6.07, 6.45) is 6.70. The molecule has 1 amide bonds. The maximum absolute atomic E-state index is 13.4. The van der Waals surface area contributed by atoms with Crippen LogP contribution in [0.15, 0.2) is 24.3 Å². The van der Waals surface area contributed by atoms with Gasteiger partial charge in [-0.2, -0.15) is 5.26 Å². The lowest BCUT2D eigenvalue weighted by Crippen LogP contribution is -2.50. The monoisotopic (exact) mass is 367 g/mol. The molecular weight excluding hydrogens is 338 g/mol. The molecule has 1 aliphatic carbocycles. The minimum absolute atomic E-state index is 0.182. The van der Waals surface area contributed by atoms with E-state index in [0.717, 1.165) is 75.8 Å². The fraction of sp³-hybridized carbons (Fsp3) is 0.636. The molecule has 2 aliphatic heterocycles. The van der Waals surface area contributed by atoms with E-state index in [0.29, 0.717) is 18.4 Å². The molecule has 0 aromatic heterocycles. The van der Waals surface area contributed by atoms with Gasteiger partial charge in [0.1, 0.15) is 0 Å². The third-order valence-electron chi connectivity index (χ3n) is 6.79. The van der Waals surface area contributed by atoms with Gasteiger partial charge >= 0.3 is 0 Å². The van der Waals surface area contributed by atoms with Crippen LogP contribution in [0.4, 0.5) is 5.69 Å². The second kappa shape index (κ2) is 7.52. The van der Waals surface area contributed by atoms with E-state index >= 15 is 0 Å². The average molecular weight is 367 g/mol. The summed E-state index contributed by atoms with van der Waals surface area (Å²) in [5.41, 5.74) is 1.92. The summed E-state index contributed by atoms with van der Waals surface area (Å²) in [6, 6.07) is 10.7. The summed E-state index contributed by atoms with van der Waals surface area (Å²) in [4.78, 5) is 17.9. The van der Waals surface area contributed by atoms with Crippen molar-refractivity contribution in [2.24, 2.45) is 5.41 Å². The van der Waals surface area contributed by atoms with Gasteiger partial charge < -0.3 is 14.9 Å². The number of nitriles is 1. The molecule has 1 atom stereocenters. The van der Waals surface area contributed by atoms with Gasteiger partial charge in [0, 0.05) is 31.4 Å². The normalized spacial score (nSPS) is 31.3. The third kappa shape index (κ3) is 3.55. The molecule has 0 radical (unpaired) electrons. The van der Waals surface area contributed by atoms with Crippen molar-refractivity contribution >= 4 is 11.6 Å². The van der Waals surface area contributed by atoms with Gasteiger partial charge in [0.25, 0.3) is 0 Å². The van der Waals surface area contributed by atoms with Gasteiger partial charge in [-0.25, -0.2) is 0 Å². The fourth-order valence-corrected chi connectivity index (χ4v) is 5.25. The van der Waals surface area contributed by atoms with Gasteiger partial charge in [0.15, 0.2) is 0 Å². The topological polar surface area (TPSA) is 67.6 Å². The van der Waals surface area contributed by atoms with Gasteiger partial charge in [0.2, 0.25) is 5.91 Å². The highest BCUT2D eigenvalue weighted by Crippen LogP contribution is 2.43. The van der Waals surface area contributed by atoms with Crippen molar-refractivity contribution in [1.82, 2.24) is 4.90 Å². The molecule has 3 fully saturated rings. The van der Waals surface area contributed by atoms with E-state index in [2.05, 4.69) is 28.0 Å². The number of carbonyl (C=O) groups excluding carboxylic acids is 1. The number of rotatable bonds is 3. The van der Waals surface area contributed by atoms with E-state index in [1.807, 2.05) is 12.1 Å². The van der Waals surface area contributed by atoms with Crippen molar-refractivity contribution in [3.63, 3.8) is 0 Å². The largest absolute Gasteiger partial charge is 0.393 e. The van der Waals surface area contributed by atoms with Crippen molar-refractivity contribution in [3.8, 4) is 6.07 Å². The first-order valence-corrected chi connectivity index (χ1v) is 10.3. The van der Waals surface area contributed by atoms with Crippen LogP contribution < -0.4 is 4.90 Å². The van der Waals surface area contributed by atoms with Gasteiger partial charge in [-0.1, -0.05) is 12.1 Å². The van der Waals surface area contributed by atoms with Crippen LogP contribution >= 0.6 is 0 Å². The first-order valence-electron chi connectivity index (χ1n) is 10.3. The molecular formula is C22H29N3O2. The Bertz CT molecular complexity index is 735. The molecule has 5 heteroatoms. The van der Waals surface area contributed by atoms with Crippen LogP contribution in [0.5, 0.6) is 0 Å². The predicted octanol–water partition coefficient (Wildman–Crippen LogP) is 2.88. The Morgan fingerprint density at radius 2 is 2.00 bits per heavy atom. The number of anilines is 1. The Balaban J connectivity index is 1.48. The Morgan fingerprint density at radius 1 is 1.19 bits per heavy atom. The highest BCUT2D eigenvalue weighted by Gasteiger charge is 2.50. The lowest BCUT2D eigenvalue weighted by Gasteiger charge is -2.41. The molecule has 4 rings (SSSR count). The van der Waals surface area contributed by atoms with E-state index in [1.165, 1.54) is 0 Å². The van der Waals surface area contributed by atoms with Gasteiger partial charge in [-0.05, 0) is 62.6 Å². The highest BCUT2D eigenvalue weighted by molar-refractivity contribution is 5.86. The van der Waals surface area contributed by atoms with E-state index in [-0.39, 0.29) is 11.5 Å². The fourth-order valence-electron chi connectivity index (χ4n) is 5.25. The van der Waals surface area contributed by atoms with E-state index < -0.39 is 0 Å². The second-order valence-electron chi connectivity index (χ2n) is 8.52. The van der Waals surface area contributed by atoms with Gasteiger partial charge in [-0.3, -0.25) is 4.79 Å². The van der Waals surface area contributed by atoms with Crippen LogP contribution in [0, 0.1) is 16.7 Å². The maximum Gasteiger partial charge on any atom is 0.230 e. The first kappa shape index (κ1) is 18.3. The minimum atomic E-state index is -0.250. The Hall–Kier alpha value is -2.06. The number of piperidine rings is 1. The smallest absolute Gasteiger partial charge is 0.230 e. The van der Waals surface area contributed by atoms with E-state index in [1.54, 1.807) is 0 Å². The number of hydrogen-bond acceptors (Lipinski definition) is 4. The van der Waals surface area contributed by atoms with Crippen LogP contribution in [0.25, 0.3) is 0 Å². The molecule has 2 heterocycles. The van der Waals surface area contributed by atoms with Crippen molar-refractivity contribution in [2.75, 3.05) is 24.5 Å². The van der Waals surface area contributed by atoms with Crippen LogP contribution in [0.3, 0.4) is 0 Å². The van der Waals surface area contributed by atoms with Crippen LogP contribution in [0.1, 0.15) is 50.5 Å². The zero-order valence-electron chi connectivity index (χ0n) is 15.9. The zero-order valence-corrected chi connectivity index (χ0v) is 15.9. The summed E-state index contributed by atoms with van der Waals surface area (Å²) < 4.78 is 0. The zero-order chi connectivity index (χ0) is 18.9. The van der Waals surface area contributed by atoms with Crippen molar-refractivity contribution in [1.29, 1.82) is 5.26 Å². The van der Waals surface area contributed by atoms with Gasteiger partial charge in [0.05, 0.1) is 24.0 Å². The lowest BCUT2D eigenvalue weighted by atomic mass is 9.78.